The van der Waals surface area contributed by atoms with Crippen LogP contribution in [0.25, 0.3) is 6.08 Å². The largest absolute Gasteiger partial charge is 0.399 e. The third-order valence-electron chi connectivity index (χ3n) is 3.04. The highest BCUT2D eigenvalue weighted by Crippen LogP contribution is 2.13. The zero-order chi connectivity index (χ0) is 13.8. The molecule has 19 heavy (non-hydrogen) atoms. The van der Waals surface area contributed by atoms with Gasteiger partial charge in [0.15, 0.2) is 5.78 Å². The lowest BCUT2D eigenvalue weighted by Crippen LogP contribution is -1.95. The van der Waals surface area contributed by atoms with Crippen molar-refractivity contribution in [1.82, 2.24) is 0 Å². The number of allylic oxidation sites excluding steroid dienone is 1. The predicted molar refractivity (Wildman–Crippen MR) is 80.1 cm³/mol. The number of nitrogen functional groups attached to an aromatic ring is 1. The van der Waals surface area contributed by atoms with Crippen LogP contribution in [-0.2, 0) is 0 Å². The van der Waals surface area contributed by atoms with E-state index in [2.05, 4.69) is 18.2 Å². The van der Waals surface area contributed by atoms with Crippen molar-refractivity contribution in [2.75, 3.05) is 5.73 Å². The number of rotatable bonds is 3. The van der Waals surface area contributed by atoms with E-state index in [4.69, 9.17) is 5.73 Å². The predicted octanol–water partition coefficient (Wildman–Crippen LogP) is 3.78. The maximum absolute atomic E-state index is 12.0. The maximum Gasteiger partial charge on any atom is 0.185 e. The summed E-state index contributed by atoms with van der Waals surface area (Å²) in [4.78, 5) is 12.0. The van der Waals surface area contributed by atoms with E-state index in [1.54, 1.807) is 30.3 Å². The van der Waals surface area contributed by atoms with Crippen LogP contribution in [0, 0.1) is 13.8 Å². The number of hydrogen-bond acceptors (Lipinski definition) is 2. The lowest BCUT2D eigenvalue weighted by atomic mass is 10.0. The molecule has 0 aliphatic carbocycles. The Balaban J connectivity index is 2.20. The van der Waals surface area contributed by atoms with Crippen LogP contribution in [0.2, 0.25) is 0 Å². The summed E-state index contributed by atoms with van der Waals surface area (Å²) in [6, 6.07) is 13.1. The summed E-state index contributed by atoms with van der Waals surface area (Å²) < 4.78 is 0. The summed E-state index contributed by atoms with van der Waals surface area (Å²) in [5, 5.41) is 0. The fourth-order valence-corrected chi connectivity index (χ4v) is 1.85. The molecule has 0 radical (unpaired) electrons. The van der Waals surface area contributed by atoms with Gasteiger partial charge in [-0.25, -0.2) is 0 Å². The van der Waals surface area contributed by atoms with Crippen molar-refractivity contribution >= 4 is 17.5 Å². The lowest BCUT2D eigenvalue weighted by molar-refractivity contribution is 0.104. The van der Waals surface area contributed by atoms with Crippen molar-refractivity contribution in [3.63, 3.8) is 0 Å². The summed E-state index contributed by atoms with van der Waals surface area (Å²) >= 11 is 0. The van der Waals surface area contributed by atoms with Crippen molar-refractivity contribution in [3.8, 4) is 0 Å². The first-order valence-corrected chi connectivity index (χ1v) is 6.21. The molecule has 2 heteroatoms. The quantitative estimate of drug-likeness (QED) is 0.512. The molecule has 0 amide bonds. The van der Waals surface area contributed by atoms with Crippen LogP contribution in [0.15, 0.2) is 48.5 Å². The first-order valence-electron chi connectivity index (χ1n) is 6.21. The average molecular weight is 251 g/mol. The standard InChI is InChI=1S/C17H17NO/c1-12-3-4-13(2)15(11-12)7-10-17(19)14-5-8-16(18)9-6-14/h3-11H,18H2,1-2H3. The maximum atomic E-state index is 12.0. The van der Waals surface area contributed by atoms with Gasteiger partial charge in [0, 0.05) is 11.3 Å². The van der Waals surface area contributed by atoms with Crippen LogP contribution in [0.4, 0.5) is 5.69 Å². The molecule has 0 fully saturated rings. The second-order valence-electron chi connectivity index (χ2n) is 4.68. The van der Waals surface area contributed by atoms with Crippen LogP contribution in [0.3, 0.4) is 0 Å². The van der Waals surface area contributed by atoms with E-state index in [9.17, 15) is 4.79 Å². The van der Waals surface area contributed by atoms with E-state index in [0.717, 1.165) is 11.1 Å². The smallest absolute Gasteiger partial charge is 0.185 e. The SMILES string of the molecule is Cc1ccc(C)c(C=CC(=O)c2ccc(N)cc2)c1. The number of anilines is 1. The van der Waals surface area contributed by atoms with Gasteiger partial charge in [-0.3, -0.25) is 4.79 Å². The molecule has 2 aromatic carbocycles. The highest BCUT2D eigenvalue weighted by atomic mass is 16.1. The molecule has 0 heterocycles. The summed E-state index contributed by atoms with van der Waals surface area (Å²) in [6.07, 6.45) is 3.47. The number of carbonyl (C=O) groups excluding carboxylic acids is 1. The third kappa shape index (κ3) is 3.32. The molecule has 0 aliphatic rings. The fourth-order valence-electron chi connectivity index (χ4n) is 1.85. The Hall–Kier alpha value is -2.35. The number of nitrogens with two attached hydrogens (primary N) is 1. The van der Waals surface area contributed by atoms with Gasteiger partial charge in [-0.1, -0.05) is 29.8 Å². The Bertz CT molecular complexity index is 624. The van der Waals surface area contributed by atoms with Gasteiger partial charge in [0.25, 0.3) is 0 Å². The van der Waals surface area contributed by atoms with E-state index in [-0.39, 0.29) is 5.78 Å². The van der Waals surface area contributed by atoms with Gasteiger partial charge in [-0.05, 0) is 55.3 Å². The van der Waals surface area contributed by atoms with Crippen molar-refractivity contribution < 1.29 is 4.79 Å². The van der Waals surface area contributed by atoms with Crippen LogP contribution in [0.1, 0.15) is 27.0 Å². The van der Waals surface area contributed by atoms with Crippen LogP contribution in [-0.4, -0.2) is 5.78 Å². The molecule has 0 saturated carbocycles. The van der Waals surface area contributed by atoms with E-state index < -0.39 is 0 Å². The molecule has 0 unspecified atom stereocenters. The monoisotopic (exact) mass is 251 g/mol. The van der Waals surface area contributed by atoms with E-state index in [1.807, 2.05) is 19.9 Å². The minimum atomic E-state index is -0.0130. The molecule has 96 valence electrons. The Kier molecular flexibility index (Phi) is 3.81. The number of aryl methyl sites for hydroxylation is 2. The molecule has 2 aromatic rings. The van der Waals surface area contributed by atoms with Crippen molar-refractivity contribution in [1.29, 1.82) is 0 Å². The van der Waals surface area contributed by atoms with Crippen molar-refractivity contribution in [3.05, 3.63) is 70.8 Å². The Morgan fingerprint density at radius 1 is 1.05 bits per heavy atom. The Labute approximate surface area is 113 Å². The fraction of sp³-hybridized carbons (Fsp3) is 0.118. The Morgan fingerprint density at radius 3 is 2.42 bits per heavy atom. The van der Waals surface area contributed by atoms with Crippen molar-refractivity contribution in [2.24, 2.45) is 0 Å². The first-order chi connectivity index (χ1) is 9.06. The molecule has 0 aromatic heterocycles. The van der Waals surface area contributed by atoms with Gasteiger partial charge in [0.1, 0.15) is 0 Å². The van der Waals surface area contributed by atoms with Gasteiger partial charge in [0.05, 0.1) is 0 Å². The molecule has 2 rings (SSSR count). The molecule has 0 spiro atoms. The zero-order valence-corrected chi connectivity index (χ0v) is 11.2. The first kappa shape index (κ1) is 13.1. The summed E-state index contributed by atoms with van der Waals surface area (Å²) in [5.41, 5.74) is 10.3. The summed E-state index contributed by atoms with van der Waals surface area (Å²) in [7, 11) is 0. The van der Waals surface area contributed by atoms with Crippen molar-refractivity contribution in [2.45, 2.75) is 13.8 Å². The van der Waals surface area contributed by atoms with Gasteiger partial charge in [-0.15, -0.1) is 0 Å². The van der Waals surface area contributed by atoms with Gasteiger partial charge in [0.2, 0.25) is 0 Å². The minimum Gasteiger partial charge on any atom is -0.399 e. The van der Waals surface area contributed by atoms with Crippen LogP contribution >= 0.6 is 0 Å². The minimum absolute atomic E-state index is 0.0130. The molecular formula is C17H17NO. The Morgan fingerprint density at radius 2 is 1.74 bits per heavy atom. The molecular weight excluding hydrogens is 234 g/mol. The second-order valence-corrected chi connectivity index (χ2v) is 4.68. The lowest BCUT2D eigenvalue weighted by Gasteiger charge is -2.02. The zero-order valence-electron chi connectivity index (χ0n) is 11.2. The summed E-state index contributed by atoms with van der Waals surface area (Å²) in [5.74, 6) is -0.0130. The summed E-state index contributed by atoms with van der Waals surface area (Å²) in [6.45, 7) is 4.07. The van der Waals surface area contributed by atoms with E-state index >= 15 is 0 Å². The molecule has 0 atom stereocenters. The molecule has 0 bridgehead atoms. The van der Waals surface area contributed by atoms with Crippen LogP contribution < -0.4 is 5.73 Å². The van der Waals surface area contributed by atoms with Gasteiger partial charge >= 0.3 is 0 Å². The normalized spacial score (nSPS) is 10.8. The molecule has 0 aliphatic heterocycles. The topological polar surface area (TPSA) is 43.1 Å². The van der Waals surface area contributed by atoms with Gasteiger partial charge in [-0.2, -0.15) is 0 Å². The number of carbonyl (C=O) groups is 1. The second kappa shape index (κ2) is 5.53. The van der Waals surface area contributed by atoms with Gasteiger partial charge < -0.3 is 5.73 Å². The van der Waals surface area contributed by atoms with E-state index in [1.165, 1.54) is 5.56 Å². The number of hydrogen-bond donors (Lipinski definition) is 1. The number of benzene rings is 2. The highest BCUT2D eigenvalue weighted by Gasteiger charge is 2.01. The highest BCUT2D eigenvalue weighted by molar-refractivity contribution is 6.07. The van der Waals surface area contributed by atoms with E-state index in [0.29, 0.717) is 11.3 Å². The molecule has 0 saturated heterocycles. The third-order valence-corrected chi connectivity index (χ3v) is 3.04. The molecule has 2 nitrogen and oxygen atoms in total. The molecule has 2 N–H and O–H groups in total. The van der Waals surface area contributed by atoms with Crippen LogP contribution in [0.5, 0.6) is 0 Å². The number of ketones is 1. The average Bonchev–Trinajstić information content (AvgIpc) is 2.40.